The Balaban J connectivity index is 1.46. The minimum absolute atomic E-state index is 0.195. The fraction of sp³-hybridized carbons (Fsp3) is 0.333. The van der Waals surface area contributed by atoms with Crippen molar-refractivity contribution in [3.63, 3.8) is 0 Å². The molecule has 2 aromatic rings. The molecule has 0 aliphatic carbocycles. The molecule has 0 radical (unpaired) electrons. The van der Waals surface area contributed by atoms with Crippen LogP contribution in [0.2, 0.25) is 0 Å². The van der Waals surface area contributed by atoms with Crippen LogP contribution in [-0.4, -0.2) is 49.2 Å². The van der Waals surface area contributed by atoms with E-state index in [2.05, 4.69) is 21.9 Å². The lowest BCUT2D eigenvalue weighted by Gasteiger charge is -2.24. The number of carbonyl (C=O) groups is 2. The molecule has 2 heterocycles. The minimum atomic E-state index is -0.618. The van der Waals surface area contributed by atoms with Crippen LogP contribution < -0.4 is 16.0 Å². The topological polar surface area (TPSA) is 82.7 Å². The molecule has 0 bridgehead atoms. The summed E-state index contributed by atoms with van der Waals surface area (Å²) in [5.41, 5.74) is 4.59. The van der Waals surface area contributed by atoms with Crippen molar-refractivity contribution in [1.29, 1.82) is 0 Å². The highest BCUT2D eigenvalue weighted by atomic mass is 16.5. The molecular weight excluding hydrogens is 392 g/mol. The van der Waals surface area contributed by atoms with E-state index in [0.29, 0.717) is 18.7 Å². The van der Waals surface area contributed by atoms with E-state index in [1.807, 2.05) is 18.2 Å². The molecule has 0 saturated carbocycles. The van der Waals surface area contributed by atoms with Crippen LogP contribution in [0.5, 0.6) is 0 Å². The molecule has 7 heteroatoms. The van der Waals surface area contributed by atoms with E-state index in [0.717, 1.165) is 30.8 Å². The summed E-state index contributed by atoms with van der Waals surface area (Å²) in [7, 11) is 1.59. The molecule has 1 saturated heterocycles. The van der Waals surface area contributed by atoms with Crippen LogP contribution in [0.3, 0.4) is 0 Å². The maximum Gasteiger partial charge on any atom is 0.322 e. The Bertz CT molecular complexity index is 1010. The first-order valence-corrected chi connectivity index (χ1v) is 10.4. The lowest BCUT2D eigenvalue weighted by Crippen LogP contribution is -2.45. The van der Waals surface area contributed by atoms with Gasteiger partial charge in [-0.2, -0.15) is 0 Å². The van der Waals surface area contributed by atoms with Gasteiger partial charge in [-0.15, -0.1) is 6.42 Å². The summed E-state index contributed by atoms with van der Waals surface area (Å²) in [6, 6.07) is 12.0. The van der Waals surface area contributed by atoms with Crippen LogP contribution in [0.4, 0.5) is 16.2 Å². The summed E-state index contributed by atoms with van der Waals surface area (Å²) >= 11 is 0. The summed E-state index contributed by atoms with van der Waals surface area (Å²) in [6.07, 6.45) is 6.56. The molecule has 2 atom stereocenters. The zero-order valence-corrected chi connectivity index (χ0v) is 17.5. The Labute approximate surface area is 182 Å². The van der Waals surface area contributed by atoms with Crippen LogP contribution in [0.15, 0.2) is 42.5 Å². The highest BCUT2D eigenvalue weighted by molar-refractivity contribution is 5.99. The second kappa shape index (κ2) is 9.21. The van der Waals surface area contributed by atoms with Crippen LogP contribution in [0.1, 0.15) is 23.1 Å². The maximum atomic E-state index is 13.1. The lowest BCUT2D eigenvalue weighted by atomic mass is 10.0. The number of urea groups is 1. The number of amides is 3. The van der Waals surface area contributed by atoms with Gasteiger partial charge in [0, 0.05) is 43.6 Å². The Morgan fingerprint density at radius 1 is 1.13 bits per heavy atom. The van der Waals surface area contributed by atoms with Crippen molar-refractivity contribution >= 4 is 23.3 Å². The molecule has 3 N–H and O–H groups in total. The third-order valence-electron chi connectivity index (χ3n) is 5.82. The smallest absolute Gasteiger partial charge is 0.322 e. The van der Waals surface area contributed by atoms with Crippen molar-refractivity contribution in [2.45, 2.75) is 31.5 Å². The van der Waals surface area contributed by atoms with Gasteiger partial charge in [0.1, 0.15) is 6.04 Å². The Morgan fingerprint density at radius 2 is 1.90 bits per heavy atom. The highest BCUT2D eigenvalue weighted by Gasteiger charge is 2.40. The minimum Gasteiger partial charge on any atom is -0.380 e. The van der Waals surface area contributed by atoms with E-state index in [-0.39, 0.29) is 18.0 Å². The Hall–Kier alpha value is -3.34. The number of nitrogens with zero attached hydrogens (tertiary/aromatic N) is 1. The number of rotatable bonds is 4. The Kier molecular flexibility index (Phi) is 6.21. The van der Waals surface area contributed by atoms with Gasteiger partial charge in [0.15, 0.2) is 0 Å². The van der Waals surface area contributed by atoms with Gasteiger partial charge in [-0.3, -0.25) is 4.79 Å². The number of terminal acetylenes is 1. The summed E-state index contributed by atoms with van der Waals surface area (Å²) in [5.74, 6) is 2.33. The van der Waals surface area contributed by atoms with E-state index < -0.39 is 6.04 Å². The highest BCUT2D eigenvalue weighted by Crippen LogP contribution is 2.24. The van der Waals surface area contributed by atoms with Crippen LogP contribution in [0.25, 0.3) is 0 Å². The molecular formula is C24H26N4O3. The first-order chi connectivity index (χ1) is 15.1. The number of benzene rings is 2. The summed E-state index contributed by atoms with van der Waals surface area (Å²) < 4.78 is 5.45. The number of hydrogen-bond donors (Lipinski definition) is 3. The van der Waals surface area contributed by atoms with Gasteiger partial charge in [-0.1, -0.05) is 12.0 Å². The molecule has 160 valence electrons. The summed E-state index contributed by atoms with van der Waals surface area (Å²) in [4.78, 5) is 27.5. The van der Waals surface area contributed by atoms with Gasteiger partial charge in [0.2, 0.25) is 5.91 Å². The quantitative estimate of drug-likeness (QED) is 0.667. The number of carbonyl (C=O) groups excluding carboxylic acids is 2. The largest absolute Gasteiger partial charge is 0.380 e. The molecule has 1 unspecified atom stereocenters. The van der Waals surface area contributed by atoms with Crippen molar-refractivity contribution in [3.8, 4) is 12.3 Å². The second-order valence-electron chi connectivity index (χ2n) is 7.81. The van der Waals surface area contributed by atoms with E-state index in [4.69, 9.17) is 11.2 Å². The summed E-state index contributed by atoms with van der Waals surface area (Å²) in [5, 5.41) is 9.17. The van der Waals surface area contributed by atoms with Gasteiger partial charge in [-0.05, 0) is 60.5 Å². The molecule has 0 aromatic heterocycles. The normalized spacial score (nSPS) is 19.9. The Morgan fingerprint density at radius 3 is 2.65 bits per heavy atom. The monoisotopic (exact) mass is 418 g/mol. The van der Waals surface area contributed by atoms with E-state index >= 15 is 0 Å². The number of hydrogen-bond acceptors (Lipinski definition) is 4. The third kappa shape index (κ3) is 4.71. The standard InChI is InChI=1S/C24H26N4O3/c1-3-16-4-7-19(8-5-16)27-24(30)28-15-21(31-2)13-22(28)23(29)26-20-9-6-18-14-25-11-10-17(18)12-20/h1,4-9,12,21-22,25H,10-11,13-15H2,2H3,(H,26,29)(H,27,30)/t21?,22-/m1/s1. The fourth-order valence-corrected chi connectivity index (χ4v) is 4.07. The van der Waals surface area contributed by atoms with Gasteiger partial charge < -0.3 is 25.6 Å². The number of anilines is 2. The van der Waals surface area contributed by atoms with Gasteiger partial charge in [0.05, 0.1) is 6.10 Å². The average Bonchev–Trinajstić information content (AvgIpc) is 3.24. The number of likely N-dealkylation sites (tertiary alicyclic amines) is 1. The molecule has 3 amide bonds. The molecule has 1 fully saturated rings. The molecule has 7 nitrogen and oxygen atoms in total. The fourth-order valence-electron chi connectivity index (χ4n) is 4.07. The third-order valence-corrected chi connectivity index (χ3v) is 5.82. The van der Waals surface area contributed by atoms with Crippen molar-refractivity contribution in [2.75, 3.05) is 30.8 Å². The zero-order valence-electron chi connectivity index (χ0n) is 17.5. The van der Waals surface area contributed by atoms with Gasteiger partial charge >= 0.3 is 6.03 Å². The molecule has 31 heavy (non-hydrogen) atoms. The first kappa shape index (κ1) is 20.9. The van der Waals surface area contributed by atoms with Gasteiger partial charge in [0.25, 0.3) is 0 Å². The van der Waals surface area contributed by atoms with Crippen molar-refractivity contribution in [1.82, 2.24) is 10.2 Å². The molecule has 2 aliphatic heterocycles. The predicted octanol–water partition coefficient (Wildman–Crippen LogP) is 2.57. The average molecular weight is 418 g/mol. The van der Waals surface area contributed by atoms with E-state index in [9.17, 15) is 9.59 Å². The lowest BCUT2D eigenvalue weighted by molar-refractivity contribution is -0.119. The van der Waals surface area contributed by atoms with E-state index in [1.54, 1.807) is 31.4 Å². The van der Waals surface area contributed by atoms with Gasteiger partial charge in [-0.25, -0.2) is 4.79 Å². The zero-order chi connectivity index (χ0) is 21.8. The molecule has 4 rings (SSSR count). The SMILES string of the molecule is C#Cc1ccc(NC(=O)N2CC(OC)C[C@@H]2C(=O)Nc2ccc3c(c2)CCNC3)cc1. The number of ether oxygens (including phenoxy) is 1. The van der Waals surface area contributed by atoms with Crippen molar-refractivity contribution < 1.29 is 14.3 Å². The maximum absolute atomic E-state index is 13.1. The van der Waals surface area contributed by atoms with Crippen molar-refractivity contribution in [2.24, 2.45) is 0 Å². The van der Waals surface area contributed by atoms with Crippen LogP contribution in [0, 0.1) is 12.3 Å². The first-order valence-electron chi connectivity index (χ1n) is 10.4. The van der Waals surface area contributed by atoms with E-state index in [1.165, 1.54) is 16.0 Å². The number of nitrogens with one attached hydrogen (secondary N) is 3. The summed E-state index contributed by atoms with van der Waals surface area (Å²) in [6.45, 7) is 2.12. The predicted molar refractivity (Wildman–Crippen MR) is 120 cm³/mol. The molecule has 2 aromatic carbocycles. The number of methoxy groups -OCH3 is 1. The molecule has 2 aliphatic rings. The van der Waals surface area contributed by atoms with Crippen LogP contribution >= 0.6 is 0 Å². The van der Waals surface area contributed by atoms with Crippen LogP contribution in [-0.2, 0) is 22.5 Å². The molecule has 0 spiro atoms. The number of fused-ring (bicyclic) bond motifs is 1. The second-order valence-corrected chi connectivity index (χ2v) is 7.81. The van der Waals surface area contributed by atoms with Crippen molar-refractivity contribution in [3.05, 3.63) is 59.2 Å².